The van der Waals surface area contributed by atoms with Crippen LogP contribution in [0.5, 0.6) is 0 Å². The van der Waals surface area contributed by atoms with E-state index in [1.54, 1.807) is 18.2 Å². The summed E-state index contributed by atoms with van der Waals surface area (Å²) in [6.07, 6.45) is 3.79. The molecule has 1 aliphatic rings. The average Bonchev–Trinajstić information content (AvgIpc) is 3.08. The van der Waals surface area contributed by atoms with Crippen molar-refractivity contribution in [2.45, 2.75) is 25.6 Å². The molecule has 0 aromatic carbocycles. The van der Waals surface area contributed by atoms with Crippen LogP contribution in [0, 0.1) is 0 Å². The second-order valence-electron chi connectivity index (χ2n) is 5.19. The molecule has 9 heteroatoms. The van der Waals surface area contributed by atoms with Gasteiger partial charge in [0.25, 0.3) is 5.91 Å². The lowest BCUT2D eigenvalue weighted by Crippen LogP contribution is -2.41. The summed E-state index contributed by atoms with van der Waals surface area (Å²) >= 11 is 0. The maximum Gasteiger partial charge on any atom is 0.325 e. The lowest BCUT2D eigenvalue weighted by Gasteiger charge is -2.20. The quantitative estimate of drug-likeness (QED) is 0.868. The Morgan fingerprint density at radius 1 is 1.26 bits per heavy atom. The van der Waals surface area contributed by atoms with E-state index in [-0.39, 0.29) is 12.4 Å². The molecule has 1 atom stereocenters. The standard InChI is InChI=1S/C14H13F2N5O2/c1-14(9-4-2-3-5-17-9)11(22)21(13(23)19-14)8-10-18-6-7-20(10)12(15)16/h2-7,12H,8H2,1H3,(H,19,23)/t14-/m1/s1. The van der Waals surface area contributed by atoms with Gasteiger partial charge in [0.2, 0.25) is 0 Å². The highest BCUT2D eigenvalue weighted by Gasteiger charge is 2.50. The van der Waals surface area contributed by atoms with Crippen molar-refractivity contribution in [3.8, 4) is 0 Å². The van der Waals surface area contributed by atoms with Gasteiger partial charge >= 0.3 is 12.6 Å². The number of nitrogens with zero attached hydrogens (tertiary/aromatic N) is 4. The normalized spacial score (nSPS) is 21.1. The fourth-order valence-electron chi connectivity index (χ4n) is 2.46. The first kappa shape index (κ1) is 15.1. The largest absolute Gasteiger partial charge is 0.325 e. The Hall–Kier alpha value is -2.84. The Balaban J connectivity index is 1.89. The molecule has 2 aromatic rings. The van der Waals surface area contributed by atoms with E-state index in [1.807, 2.05) is 0 Å². The Morgan fingerprint density at radius 2 is 2.04 bits per heavy atom. The number of hydrogen-bond acceptors (Lipinski definition) is 4. The first-order chi connectivity index (χ1) is 10.9. The molecule has 3 rings (SSSR count). The van der Waals surface area contributed by atoms with Gasteiger partial charge in [-0.05, 0) is 19.1 Å². The third kappa shape index (κ3) is 2.43. The summed E-state index contributed by atoms with van der Waals surface area (Å²) in [5, 5.41) is 2.56. The maximum atomic E-state index is 12.9. The van der Waals surface area contributed by atoms with Crippen molar-refractivity contribution in [3.05, 3.63) is 48.3 Å². The summed E-state index contributed by atoms with van der Waals surface area (Å²) in [6.45, 7) is -1.62. The van der Waals surface area contributed by atoms with Gasteiger partial charge in [0.1, 0.15) is 5.82 Å². The number of aromatic nitrogens is 3. The number of urea groups is 1. The predicted molar refractivity (Wildman–Crippen MR) is 74.2 cm³/mol. The molecular weight excluding hydrogens is 308 g/mol. The van der Waals surface area contributed by atoms with Crippen LogP contribution in [0.2, 0.25) is 0 Å². The van der Waals surface area contributed by atoms with Crippen molar-refractivity contribution in [2.75, 3.05) is 0 Å². The summed E-state index contributed by atoms with van der Waals surface area (Å²) in [5.41, 5.74) is -0.960. The van der Waals surface area contributed by atoms with Gasteiger partial charge in [0.15, 0.2) is 5.54 Å². The van der Waals surface area contributed by atoms with Crippen molar-refractivity contribution < 1.29 is 18.4 Å². The second-order valence-corrected chi connectivity index (χ2v) is 5.19. The number of hydrogen-bond donors (Lipinski definition) is 1. The zero-order chi connectivity index (χ0) is 16.6. The zero-order valence-corrected chi connectivity index (χ0v) is 12.1. The van der Waals surface area contributed by atoms with E-state index in [0.717, 1.165) is 11.1 Å². The van der Waals surface area contributed by atoms with Crippen LogP contribution in [0.25, 0.3) is 0 Å². The van der Waals surface area contributed by atoms with E-state index in [0.29, 0.717) is 10.3 Å². The summed E-state index contributed by atoms with van der Waals surface area (Å²) in [4.78, 5) is 33.5. The van der Waals surface area contributed by atoms with Crippen LogP contribution >= 0.6 is 0 Å². The molecule has 0 aliphatic carbocycles. The van der Waals surface area contributed by atoms with Crippen molar-refractivity contribution in [1.82, 2.24) is 24.8 Å². The van der Waals surface area contributed by atoms with Crippen molar-refractivity contribution in [1.29, 1.82) is 0 Å². The molecule has 3 amide bonds. The van der Waals surface area contributed by atoms with Crippen molar-refractivity contribution in [2.24, 2.45) is 0 Å². The number of carbonyl (C=O) groups is 2. The number of rotatable bonds is 4. The molecule has 120 valence electrons. The molecule has 0 spiro atoms. The van der Waals surface area contributed by atoms with Crippen LogP contribution in [0.15, 0.2) is 36.8 Å². The number of imide groups is 1. The molecule has 2 aromatic heterocycles. The zero-order valence-electron chi connectivity index (χ0n) is 12.1. The highest BCUT2D eigenvalue weighted by atomic mass is 19.3. The third-order valence-corrected chi connectivity index (χ3v) is 3.71. The summed E-state index contributed by atoms with van der Waals surface area (Å²) in [5.74, 6) is -0.640. The maximum absolute atomic E-state index is 12.9. The van der Waals surface area contributed by atoms with E-state index in [4.69, 9.17) is 0 Å². The Kier molecular flexibility index (Phi) is 3.55. The van der Waals surface area contributed by atoms with Crippen LogP contribution in [-0.4, -0.2) is 31.4 Å². The number of halogens is 2. The van der Waals surface area contributed by atoms with Gasteiger partial charge in [0, 0.05) is 18.6 Å². The van der Waals surface area contributed by atoms with Gasteiger partial charge < -0.3 is 5.32 Å². The van der Waals surface area contributed by atoms with Crippen molar-refractivity contribution in [3.63, 3.8) is 0 Å². The topological polar surface area (TPSA) is 80.1 Å². The van der Waals surface area contributed by atoms with E-state index in [9.17, 15) is 18.4 Å². The van der Waals surface area contributed by atoms with Gasteiger partial charge in [-0.2, -0.15) is 8.78 Å². The van der Waals surface area contributed by atoms with Crippen LogP contribution in [0.1, 0.15) is 25.0 Å². The van der Waals surface area contributed by atoms with E-state index >= 15 is 0 Å². The van der Waals surface area contributed by atoms with E-state index < -0.39 is 24.0 Å². The molecule has 1 N–H and O–H groups in total. The molecule has 1 aliphatic heterocycles. The van der Waals surface area contributed by atoms with Gasteiger partial charge in [0.05, 0.1) is 12.2 Å². The molecule has 3 heterocycles. The minimum atomic E-state index is -2.80. The predicted octanol–water partition coefficient (Wildman–Crippen LogP) is 1.64. The molecule has 0 radical (unpaired) electrons. The fourth-order valence-corrected chi connectivity index (χ4v) is 2.46. The highest BCUT2D eigenvalue weighted by Crippen LogP contribution is 2.28. The highest BCUT2D eigenvalue weighted by molar-refractivity contribution is 6.06. The van der Waals surface area contributed by atoms with Crippen LogP contribution < -0.4 is 5.32 Å². The second kappa shape index (κ2) is 5.41. The molecule has 0 unspecified atom stereocenters. The SMILES string of the molecule is C[C@]1(c2ccccn2)NC(=O)N(Cc2nccn2C(F)F)C1=O. The van der Waals surface area contributed by atoms with Gasteiger partial charge in [-0.25, -0.2) is 9.78 Å². The minimum absolute atomic E-state index is 0.0752. The molecule has 23 heavy (non-hydrogen) atoms. The smallest absolute Gasteiger partial charge is 0.318 e. The van der Waals surface area contributed by atoms with Crippen LogP contribution in [0.3, 0.4) is 0 Å². The molecule has 1 fully saturated rings. The number of carbonyl (C=O) groups excluding carboxylic acids is 2. The van der Waals surface area contributed by atoms with Crippen molar-refractivity contribution >= 4 is 11.9 Å². The molecular formula is C14H13F2N5O2. The van der Waals surface area contributed by atoms with Gasteiger partial charge in [-0.1, -0.05) is 6.07 Å². The molecule has 7 nitrogen and oxygen atoms in total. The van der Waals surface area contributed by atoms with Crippen LogP contribution in [0.4, 0.5) is 13.6 Å². The minimum Gasteiger partial charge on any atom is -0.318 e. The van der Waals surface area contributed by atoms with Gasteiger partial charge in [-0.3, -0.25) is 19.2 Å². The fraction of sp³-hybridized carbons (Fsp3) is 0.286. The third-order valence-electron chi connectivity index (χ3n) is 3.71. The Bertz CT molecular complexity index is 749. The van der Waals surface area contributed by atoms with E-state index in [2.05, 4.69) is 15.3 Å². The average molecular weight is 321 g/mol. The number of amides is 3. The lowest BCUT2D eigenvalue weighted by molar-refractivity contribution is -0.131. The molecule has 0 bridgehead atoms. The molecule has 0 saturated carbocycles. The monoisotopic (exact) mass is 321 g/mol. The first-order valence-corrected chi connectivity index (χ1v) is 6.79. The van der Waals surface area contributed by atoms with Gasteiger partial charge in [-0.15, -0.1) is 0 Å². The summed E-state index contributed by atoms with van der Waals surface area (Å²) in [6, 6.07) is 4.32. The number of pyridine rings is 1. The number of nitrogens with one attached hydrogen (secondary N) is 1. The van der Waals surface area contributed by atoms with E-state index in [1.165, 1.54) is 19.3 Å². The molecule has 1 saturated heterocycles. The summed E-state index contributed by atoms with van der Waals surface area (Å²) < 4.78 is 26.3. The Morgan fingerprint density at radius 3 is 2.70 bits per heavy atom. The number of alkyl halides is 2. The Labute approximate surface area is 129 Å². The number of imidazole rings is 1. The summed E-state index contributed by atoms with van der Waals surface area (Å²) in [7, 11) is 0. The van der Waals surface area contributed by atoms with Crippen LogP contribution in [-0.2, 0) is 16.9 Å². The first-order valence-electron chi connectivity index (χ1n) is 6.79. The lowest BCUT2D eigenvalue weighted by atomic mass is 9.97.